The standard InChI is InChI=1S/C13H12FNO3/c1-7(2)15-11(13(17)18)5-8-3-4-9(14)6-10(8)12(15)16/h3-7H,1-2H3,(H,17,18). The Bertz CT molecular complexity index is 688. The molecule has 0 saturated carbocycles. The van der Waals surface area contributed by atoms with Gasteiger partial charge in [0.05, 0.1) is 5.39 Å². The number of hydrogen-bond acceptors (Lipinski definition) is 2. The average Bonchev–Trinajstić information content (AvgIpc) is 2.28. The molecule has 0 aliphatic carbocycles. The molecular formula is C13H12FNO3. The minimum atomic E-state index is -1.17. The van der Waals surface area contributed by atoms with Crippen molar-refractivity contribution in [2.24, 2.45) is 0 Å². The van der Waals surface area contributed by atoms with Crippen molar-refractivity contribution in [3.8, 4) is 0 Å². The van der Waals surface area contributed by atoms with Gasteiger partial charge in [-0.15, -0.1) is 0 Å². The van der Waals surface area contributed by atoms with Gasteiger partial charge >= 0.3 is 5.97 Å². The number of carboxylic acid groups (broad SMARTS) is 1. The topological polar surface area (TPSA) is 59.3 Å². The molecule has 0 bridgehead atoms. The van der Waals surface area contributed by atoms with Crippen LogP contribution in [0.5, 0.6) is 0 Å². The van der Waals surface area contributed by atoms with E-state index in [-0.39, 0.29) is 17.1 Å². The lowest BCUT2D eigenvalue weighted by atomic mass is 10.1. The number of pyridine rings is 1. The number of rotatable bonds is 2. The summed E-state index contributed by atoms with van der Waals surface area (Å²) in [7, 11) is 0. The third-order valence-corrected chi connectivity index (χ3v) is 2.75. The van der Waals surface area contributed by atoms with Gasteiger partial charge in [0.25, 0.3) is 5.56 Å². The van der Waals surface area contributed by atoms with Gasteiger partial charge in [-0.05, 0) is 37.4 Å². The van der Waals surface area contributed by atoms with Gasteiger partial charge in [-0.2, -0.15) is 0 Å². The van der Waals surface area contributed by atoms with Gasteiger partial charge in [0.2, 0.25) is 0 Å². The molecule has 0 atom stereocenters. The molecule has 0 saturated heterocycles. The highest BCUT2D eigenvalue weighted by Gasteiger charge is 2.16. The molecule has 2 aromatic rings. The van der Waals surface area contributed by atoms with Gasteiger partial charge < -0.3 is 5.11 Å². The van der Waals surface area contributed by atoms with Crippen molar-refractivity contribution >= 4 is 16.7 Å². The maximum Gasteiger partial charge on any atom is 0.352 e. The molecule has 0 fully saturated rings. The molecule has 4 nitrogen and oxygen atoms in total. The normalized spacial score (nSPS) is 11.1. The molecular weight excluding hydrogens is 237 g/mol. The van der Waals surface area contributed by atoms with Gasteiger partial charge in [0.1, 0.15) is 11.5 Å². The SMILES string of the molecule is CC(C)n1c(C(=O)O)cc2ccc(F)cc2c1=O. The highest BCUT2D eigenvalue weighted by molar-refractivity contribution is 5.92. The first-order chi connectivity index (χ1) is 8.41. The summed E-state index contributed by atoms with van der Waals surface area (Å²) in [6.07, 6.45) is 0. The first kappa shape index (κ1) is 12.3. The second-order valence-electron chi connectivity index (χ2n) is 4.34. The number of hydrogen-bond donors (Lipinski definition) is 1. The smallest absolute Gasteiger partial charge is 0.352 e. The van der Waals surface area contributed by atoms with E-state index < -0.39 is 17.3 Å². The number of halogens is 1. The highest BCUT2D eigenvalue weighted by Crippen LogP contribution is 2.16. The van der Waals surface area contributed by atoms with E-state index >= 15 is 0 Å². The monoisotopic (exact) mass is 249 g/mol. The second kappa shape index (κ2) is 4.25. The molecule has 0 aliphatic heterocycles. The van der Waals surface area contributed by atoms with Crippen LogP contribution in [-0.4, -0.2) is 15.6 Å². The molecule has 1 heterocycles. The van der Waals surface area contributed by atoms with Crippen molar-refractivity contribution in [1.82, 2.24) is 4.57 Å². The summed E-state index contributed by atoms with van der Waals surface area (Å²) in [5.74, 6) is -1.69. The zero-order valence-corrected chi connectivity index (χ0v) is 9.98. The molecule has 0 spiro atoms. The number of aromatic carboxylic acids is 1. The molecule has 18 heavy (non-hydrogen) atoms. The number of benzene rings is 1. The van der Waals surface area contributed by atoms with Crippen LogP contribution in [0.2, 0.25) is 0 Å². The summed E-state index contributed by atoms with van der Waals surface area (Å²) in [5.41, 5.74) is -0.575. The molecule has 1 aromatic heterocycles. The lowest BCUT2D eigenvalue weighted by Gasteiger charge is -2.14. The zero-order valence-electron chi connectivity index (χ0n) is 9.98. The Morgan fingerprint density at radius 1 is 1.33 bits per heavy atom. The Morgan fingerprint density at radius 3 is 2.56 bits per heavy atom. The Morgan fingerprint density at radius 2 is 2.00 bits per heavy atom. The molecule has 5 heteroatoms. The summed E-state index contributed by atoms with van der Waals surface area (Å²) in [6, 6.07) is 4.81. The summed E-state index contributed by atoms with van der Waals surface area (Å²) in [5, 5.41) is 9.73. The maximum atomic E-state index is 13.1. The first-order valence-corrected chi connectivity index (χ1v) is 5.50. The average molecular weight is 249 g/mol. The van der Waals surface area contributed by atoms with Crippen LogP contribution < -0.4 is 5.56 Å². The quantitative estimate of drug-likeness (QED) is 0.889. The van der Waals surface area contributed by atoms with Crippen molar-refractivity contribution in [1.29, 1.82) is 0 Å². The van der Waals surface area contributed by atoms with Crippen molar-refractivity contribution in [3.63, 3.8) is 0 Å². The van der Waals surface area contributed by atoms with Gasteiger partial charge in [-0.25, -0.2) is 9.18 Å². The third-order valence-electron chi connectivity index (χ3n) is 2.75. The van der Waals surface area contributed by atoms with Crippen molar-refractivity contribution < 1.29 is 14.3 Å². The van der Waals surface area contributed by atoms with E-state index in [1.54, 1.807) is 13.8 Å². The molecule has 1 N–H and O–H groups in total. The largest absolute Gasteiger partial charge is 0.477 e. The minimum Gasteiger partial charge on any atom is -0.477 e. The molecule has 94 valence electrons. The van der Waals surface area contributed by atoms with E-state index in [4.69, 9.17) is 5.11 Å². The summed E-state index contributed by atoms with van der Waals surface area (Å²) >= 11 is 0. The summed E-state index contributed by atoms with van der Waals surface area (Å²) in [4.78, 5) is 23.3. The van der Waals surface area contributed by atoms with Gasteiger partial charge in [-0.1, -0.05) is 6.07 Å². The van der Waals surface area contributed by atoms with Gasteiger partial charge in [-0.3, -0.25) is 9.36 Å². The van der Waals surface area contributed by atoms with Crippen LogP contribution in [0.1, 0.15) is 30.4 Å². The zero-order chi connectivity index (χ0) is 13.4. The molecule has 0 unspecified atom stereocenters. The maximum absolute atomic E-state index is 13.1. The number of carboxylic acids is 1. The molecule has 0 radical (unpaired) electrons. The number of nitrogens with zero attached hydrogens (tertiary/aromatic N) is 1. The van der Waals surface area contributed by atoms with E-state index in [0.717, 1.165) is 10.6 Å². The summed E-state index contributed by atoms with van der Waals surface area (Å²) in [6.45, 7) is 3.41. The third kappa shape index (κ3) is 1.88. The Balaban J connectivity index is 2.95. The lowest BCUT2D eigenvalue weighted by Crippen LogP contribution is -2.27. The summed E-state index contributed by atoms with van der Waals surface area (Å²) < 4.78 is 14.3. The van der Waals surface area contributed by atoms with Gasteiger partial charge in [0.15, 0.2) is 0 Å². The van der Waals surface area contributed by atoms with Crippen LogP contribution in [0, 0.1) is 5.82 Å². The second-order valence-corrected chi connectivity index (χ2v) is 4.34. The van der Waals surface area contributed by atoms with Crippen molar-refractivity contribution in [2.75, 3.05) is 0 Å². The number of aromatic nitrogens is 1. The van der Waals surface area contributed by atoms with Crippen LogP contribution in [0.3, 0.4) is 0 Å². The van der Waals surface area contributed by atoms with E-state index in [1.165, 1.54) is 18.2 Å². The predicted octanol–water partition coefficient (Wildman–Crippen LogP) is 2.42. The first-order valence-electron chi connectivity index (χ1n) is 5.50. The van der Waals surface area contributed by atoms with Crippen LogP contribution in [-0.2, 0) is 0 Å². The Hall–Kier alpha value is -2.17. The molecule has 0 amide bonds. The lowest BCUT2D eigenvalue weighted by molar-refractivity contribution is 0.0682. The fraction of sp³-hybridized carbons (Fsp3) is 0.231. The van der Waals surface area contributed by atoms with Crippen molar-refractivity contribution in [3.05, 3.63) is 46.1 Å². The van der Waals surface area contributed by atoms with E-state index in [0.29, 0.717) is 5.39 Å². The van der Waals surface area contributed by atoms with Crippen LogP contribution in [0.4, 0.5) is 4.39 Å². The molecule has 1 aromatic carbocycles. The van der Waals surface area contributed by atoms with E-state index in [9.17, 15) is 14.0 Å². The van der Waals surface area contributed by atoms with Crippen LogP contribution in [0.15, 0.2) is 29.1 Å². The minimum absolute atomic E-state index is 0.0888. The predicted molar refractivity (Wildman–Crippen MR) is 65.5 cm³/mol. The Labute approximate surface area is 102 Å². The fourth-order valence-electron chi connectivity index (χ4n) is 1.97. The van der Waals surface area contributed by atoms with E-state index in [2.05, 4.69) is 0 Å². The highest BCUT2D eigenvalue weighted by atomic mass is 19.1. The van der Waals surface area contributed by atoms with Crippen molar-refractivity contribution in [2.45, 2.75) is 19.9 Å². The fourth-order valence-corrected chi connectivity index (χ4v) is 1.97. The van der Waals surface area contributed by atoms with Crippen LogP contribution >= 0.6 is 0 Å². The molecule has 2 rings (SSSR count). The number of carbonyl (C=O) groups is 1. The number of fused-ring (bicyclic) bond motifs is 1. The van der Waals surface area contributed by atoms with E-state index in [1.807, 2.05) is 0 Å². The molecule has 0 aliphatic rings. The van der Waals surface area contributed by atoms with Gasteiger partial charge in [0, 0.05) is 6.04 Å². The van der Waals surface area contributed by atoms with Crippen LogP contribution in [0.25, 0.3) is 10.8 Å². The Kier molecular flexibility index (Phi) is 2.90.